The predicted octanol–water partition coefficient (Wildman–Crippen LogP) is 3.84. The van der Waals surface area contributed by atoms with Gasteiger partial charge in [-0.2, -0.15) is 5.10 Å². The van der Waals surface area contributed by atoms with Crippen molar-refractivity contribution in [3.8, 4) is 5.75 Å². The Morgan fingerprint density at radius 1 is 1.32 bits per heavy atom. The summed E-state index contributed by atoms with van der Waals surface area (Å²) in [6, 6.07) is 4.94. The zero-order valence-corrected chi connectivity index (χ0v) is 16.0. The largest absolute Gasteiger partial charge is 0.492 e. The molecule has 0 saturated heterocycles. The molecule has 1 N–H and O–H groups in total. The standard InChI is InChI=1S/C17H22Cl2N2O4/c1-4-24-17(23)11(2)12(3)20-21-16(22)6-5-9-25-15-8-7-13(18)10-14(15)19/h7-8,10-11H,4-6,9H2,1-3H3,(H,21,22). The van der Waals surface area contributed by atoms with Crippen LogP contribution in [0.1, 0.15) is 33.6 Å². The van der Waals surface area contributed by atoms with Gasteiger partial charge >= 0.3 is 5.97 Å². The second kappa shape index (κ2) is 10.9. The molecule has 1 unspecified atom stereocenters. The summed E-state index contributed by atoms with van der Waals surface area (Å²) in [5.41, 5.74) is 2.90. The number of hydrazone groups is 1. The van der Waals surface area contributed by atoms with Crippen LogP contribution in [0.4, 0.5) is 0 Å². The summed E-state index contributed by atoms with van der Waals surface area (Å²) in [4.78, 5) is 23.3. The number of halogens is 2. The van der Waals surface area contributed by atoms with E-state index in [2.05, 4.69) is 10.5 Å². The molecule has 1 amide bonds. The summed E-state index contributed by atoms with van der Waals surface area (Å²) in [5, 5.41) is 4.88. The second-order valence-electron chi connectivity index (χ2n) is 5.29. The van der Waals surface area contributed by atoms with E-state index in [-0.39, 0.29) is 18.3 Å². The SMILES string of the molecule is CCOC(=O)C(C)C(C)=NNC(=O)CCCOc1ccc(Cl)cc1Cl. The predicted molar refractivity (Wildman–Crippen MR) is 98.2 cm³/mol. The van der Waals surface area contributed by atoms with E-state index in [4.69, 9.17) is 32.7 Å². The Labute approximate surface area is 157 Å². The maximum Gasteiger partial charge on any atom is 0.314 e. The molecule has 138 valence electrons. The lowest BCUT2D eigenvalue weighted by Crippen LogP contribution is -2.26. The fourth-order valence-corrected chi connectivity index (χ4v) is 2.21. The Morgan fingerprint density at radius 2 is 2.04 bits per heavy atom. The first-order valence-corrected chi connectivity index (χ1v) is 8.68. The van der Waals surface area contributed by atoms with Crippen molar-refractivity contribution >= 4 is 40.8 Å². The Bertz CT molecular complexity index is 635. The summed E-state index contributed by atoms with van der Waals surface area (Å²) in [6.45, 7) is 5.70. The second-order valence-corrected chi connectivity index (χ2v) is 6.13. The molecule has 1 aromatic rings. The van der Waals surface area contributed by atoms with Crippen LogP contribution in [0.2, 0.25) is 10.0 Å². The lowest BCUT2D eigenvalue weighted by atomic mass is 10.1. The number of hydrogen-bond acceptors (Lipinski definition) is 5. The van der Waals surface area contributed by atoms with Gasteiger partial charge in [0.15, 0.2) is 0 Å². The van der Waals surface area contributed by atoms with Gasteiger partial charge < -0.3 is 9.47 Å². The summed E-state index contributed by atoms with van der Waals surface area (Å²) in [7, 11) is 0. The van der Waals surface area contributed by atoms with Crippen LogP contribution < -0.4 is 10.2 Å². The third-order valence-corrected chi connectivity index (χ3v) is 3.85. The lowest BCUT2D eigenvalue weighted by Gasteiger charge is -2.10. The Morgan fingerprint density at radius 3 is 2.68 bits per heavy atom. The Hall–Kier alpha value is -1.79. The van der Waals surface area contributed by atoms with Crippen LogP contribution in [-0.2, 0) is 14.3 Å². The van der Waals surface area contributed by atoms with Gasteiger partial charge in [0.2, 0.25) is 5.91 Å². The van der Waals surface area contributed by atoms with E-state index in [0.717, 1.165) is 0 Å². The smallest absolute Gasteiger partial charge is 0.314 e. The number of carbonyl (C=O) groups is 2. The number of nitrogens with one attached hydrogen (secondary N) is 1. The molecule has 0 aliphatic heterocycles. The van der Waals surface area contributed by atoms with Crippen molar-refractivity contribution in [3.63, 3.8) is 0 Å². The normalized spacial score (nSPS) is 12.4. The van der Waals surface area contributed by atoms with Gasteiger partial charge in [-0.25, -0.2) is 5.43 Å². The van der Waals surface area contributed by atoms with Crippen molar-refractivity contribution in [1.29, 1.82) is 0 Å². The number of esters is 1. The van der Waals surface area contributed by atoms with Crippen molar-refractivity contribution < 1.29 is 19.1 Å². The van der Waals surface area contributed by atoms with Gasteiger partial charge in [0.25, 0.3) is 0 Å². The van der Waals surface area contributed by atoms with Gasteiger partial charge in [-0.3, -0.25) is 9.59 Å². The third kappa shape index (κ3) is 7.75. The number of amides is 1. The van der Waals surface area contributed by atoms with Crippen LogP contribution in [0.5, 0.6) is 5.75 Å². The summed E-state index contributed by atoms with van der Waals surface area (Å²) in [6.07, 6.45) is 0.725. The van der Waals surface area contributed by atoms with Crippen molar-refractivity contribution in [2.24, 2.45) is 11.0 Å². The molecule has 8 heteroatoms. The summed E-state index contributed by atoms with van der Waals surface area (Å²) >= 11 is 11.8. The minimum Gasteiger partial charge on any atom is -0.492 e. The van der Waals surface area contributed by atoms with Crippen LogP contribution in [0.3, 0.4) is 0 Å². The van der Waals surface area contributed by atoms with Crippen LogP contribution in [0.25, 0.3) is 0 Å². The van der Waals surface area contributed by atoms with Crippen molar-refractivity contribution in [2.45, 2.75) is 33.6 Å². The van der Waals surface area contributed by atoms with Crippen molar-refractivity contribution in [2.75, 3.05) is 13.2 Å². The van der Waals surface area contributed by atoms with Gasteiger partial charge in [0.1, 0.15) is 5.75 Å². The molecule has 0 radical (unpaired) electrons. The zero-order chi connectivity index (χ0) is 18.8. The molecule has 0 fully saturated rings. The molecular formula is C17H22Cl2N2O4. The van der Waals surface area contributed by atoms with Crippen molar-refractivity contribution in [3.05, 3.63) is 28.2 Å². The minimum atomic E-state index is -0.504. The highest BCUT2D eigenvalue weighted by Crippen LogP contribution is 2.27. The average molecular weight is 389 g/mol. The van der Waals surface area contributed by atoms with Gasteiger partial charge in [-0.1, -0.05) is 23.2 Å². The number of benzene rings is 1. The molecule has 0 spiro atoms. The molecule has 0 bridgehead atoms. The van der Waals surface area contributed by atoms with E-state index in [0.29, 0.717) is 41.1 Å². The first-order valence-electron chi connectivity index (χ1n) is 7.92. The Kier molecular flexibility index (Phi) is 9.31. The average Bonchev–Trinajstić information content (AvgIpc) is 2.57. The first kappa shape index (κ1) is 21.3. The van der Waals surface area contributed by atoms with E-state index in [1.165, 1.54) is 0 Å². The van der Waals surface area contributed by atoms with Gasteiger partial charge in [-0.05, 0) is 45.4 Å². The van der Waals surface area contributed by atoms with E-state index >= 15 is 0 Å². The van der Waals surface area contributed by atoms with Crippen molar-refractivity contribution in [1.82, 2.24) is 5.43 Å². The van der Waals surface area contributed by atoms with Crippen LogP contribution in [0, 0.1) is 5.92 Å². The highest BCUT2D eigenvalue weighted by atomic mass is 35.5. The minimum absolute atomic E-state index is 0.232. The molecule has 0 heterocycles. The van der Waals surface area contributed by atoms with E-state index in [1.54, 1.807) is 39.0 Å². The monoisotopic (exact) mass is 388 g/mol. The first-order chi connectivity index (χ1) is 11.8. The molecule has 1 atom stereocenters. The molecule has 0 aromatic heterocycles. The highest BCUT2D eigenvalue weighted by molar-refractivity contribution is 6.35. The molecule has 0 saturated carbocycles. The topological polar surface area (TPSA) is 77.0 Å². The number of nitrogens with zero attached hydrogens (tertiary/aromatic N) is 1. The van der Waals surface area contributed by atoms with Gasteiger partial charge in [-0.15, -0.1) is 0 Å². The third-order valence-electron chi connectivity index (χ3n) is 3.32. The number of carbonyl (C=O) groups excluding carboxylic acids is 2. The maximum absolute atomic E-state index is 11.8. The number of hydrogen-bond donors (Lipinski definition) is 1. The molecule has 25 heavy (non-hydrogen) atoms. The van der Waals surface area contributed by atoms with Gasteiger partial charge in [0, 0.05) is 17.2 Å². The van der Waals surface area contributed by atoms with Crippen LogP contribution in [-0.4, -0.2) is 30.8 Å². The lowest BCUT2D eigenvalue weighted by molar-refractivity contribution is -0.145. The Balaban J connectivity index is 2.32. The number of ether oxygens (including phenoxy) is 2. The van der Waals surface area contributed by atoms with Crippen LogP contribution >= 0.6 is 23.2 Å². The van der Waals surface area contributed by atoms with E-state index in [1.807, 2.05) is 0 Å². The molecule has 1 rings (SSSR count). The summed E-state index contributed by atoms with van der Waals surface area (Å²) in [5.74, 6) is -0.619. The number of rotatable bonds is 9. The molecular weight excluding hydrogens is 367 g/mol. The molecule has 6 nitrogen and oxygen atoms in total. The molecule has 1 aromatic carbocycles. The van der Waals surface area contributed by atoms with E-state index < -0.39 is 5.92 Å². The fourth-order valence-electron chi connectivity index (χ4n) is 1.75. The van der Waals surface area contributed by atoms with Crippen LogP contribution in [0.15, 0.2) is 23.3 Å². The quantitative estimate of drug-likeness (QED) is 0.301. The molecule has 0 aliphatic carbocycles. The van der Waals surface area contributed by atoms with Gasteiger partial charge in [0.05, 0.1) is 24.2 Å². The maximum atomic E-state index is 11.8. The zero-order valence-electron chi connectivity index (χ0n) is 14.5. The summed E-state index contributed by atoms with van der Waals surface area (Å²) < 4.78 is 10.4. The van der Waals surface area contributed by atoms with E-state index in [9.17, 15) is 9.59 Å². The molecule has 0 aliphatic rings. The highest BCUT2D eigenvalue weighted by Gasteiger charge is 2.17. The fraction of sp³-hybridized carbons (Fsp3) is 0.471.